The Kier molecular flexibility index (Phi) is 6.59. The van der Waals surface area contributed by atoms with Crippen LogP contribution in [0.5, 0.6) is 11.5 Å². The molecule has 2 rings (SSSR count). The Labute approximate surface area is 144 Å². The van der Waals surface area contributed by atoms with Crippen LogP contribution in [-0.4, -0.2) is 13.2 Å². The van der Waals surface area contributed by atoms with E-state index in [1.807, 2.05) is 0 Å². The summed E-state index contributed by atoms with van der Waals surface area (Å²) in [5.41, 5.74) is 0.588. The molecule has 0 aliphatic carbocycles. The van der Waals surface area contributed by atoms with Crippen molar-refractivity contribution in [1.29, 1.82) is 0 Å². The number of nitroso groups, excluding NO2 is 2. The Morgan fingerprint density at radius 1 is 0.731 bits per heavy atom. The molecule has 0 fully saturated rings. The minimum absolute atomic E-state index is 0.00668. The first-order valence-electron chi connectivity index (χ1n) is 7.25. The summed E-state index contributed by atoms with van der Waals surface area (Å²) in [7, 11) is 0. The molecule has 0 aromatic heterocycles. The highest BCUT2D eigenvalue weighted by atomic mass is 19.3. The molecule has 0 heterocycles. The molecule has 0 atom stereocenters. The maximum absolute atomic E-state index is 12.3. The largest absolute Gasteiger partial charge is 0.435 e. The molecule has 0 aliphatic heterocycles. The Morgan fingerprint density at radius 2 is 1.12 bits per heavy atom. The number of ether oxygens (including phenoxy) is 2. The summed E-state index contributed by atoms with van der Waals surface area (Å²) in [4.78, 5) is 21.7. The van der Waals surface area contributed by atoms with E-state index in [9.17, 15) is 27.4 Å². The van der Waals surface area contributed by atoms with Gasteiger partial charge in [0.1, 0.15) is 22.9 Å². The van der Waals surface area contributed by atoms with E-state index in [0.29, 0.717) is 0 Å². The third kappa shape index (κ3) is 5.23. The molecule has 2 aromatic carbocycles. The van der Waals surface area contributed by atoms with Crippen molar-refractivity contribution in [3.63, 3.8) is 0 Å². The van der Waals surface area contributed by atoms with Gasteiger partial charge in [0.15, 0.2) is 0 Å². The molecule has 0 bridgehead atoms. The van der Waals surface area contributed by atoms with Crippen LogP contribution in [0.3, 0.4) is 0 Å². The number of halogens is 4. The molecule has 26 heavy (non-hydrogen) atoms. The zero-order chi connectivity index (χ0) is 19.1. The summed E-state index contributed by atoms with van der Waals surface area (Å²) in [5, 5.41) is 5.60. The molecule has 10 heteroatoms. The minimum atomic E-state index is -3.04. The van der Waals surface area contributed by atoms with E-state index in [2.05, 4.69) is 19.8 Å². The van der Waals surface area contributed by atoms with Crippen molar-refractivity contribution in [2.45, 2.75) is 26.1 Å². The fourth-order valence-corrected chi connectivity index (χ4v) is 2.32. The van der Waals surface area contributed by atoms with Crippen molar-refractivity contribution in [2.75, 3.05) is 0 Å². The molecule has 0 saturated carbocycles. The first-order valence-corrected chi connectivity index (χ1v) is 7.25. The zero-order valence-corrected chi connectivity index (χ0v) is 13.1. The molecule has 0 saturated heterocycles. The van der Waals surface area contributed by atoms with E-state index >= 15 is 0 Å². The van der Waals surface area contributed by atoms with Gasteiger partial charge in [-0.3, -0.25) is 0 Å². The van der Waals surface area contributed by atoms with Crippen LogP contribution in [-0.2, 0) is 12.8 Å². The van der Waals surface area contributed by atoms with E-state index in [1.54, 1.807) is 0 Å². The van der Waals surface area contributed by atoms with Crippen molar-refractivity contribution in [3.8, 4) is 11.5 Å². The van der Waals surface area contributed by atoms with Crippen LogP contribution in [0.2, 0.25) is 0 Å². The van der Waals surface area contributed by atoms with Crippen molar-refractivity contribution in [2.24, 2.45) is 10.4 Å². The zero-order valence-electron chi connectivity index (χ0n) is 13.1. The maximum atomic E-state index is 12.3. The van der Waals surface area contributed by atoms with Gasteiger partial charge in [-0.15, -0.1) is 9.81 Å². The normalized spacial score (nSPS) is 10.8. The maximum Gasteiger partial charge on any atom is 0.387 e. The van der Waals surface area contributed by atoms with Crippen molar-refractivity contribution in [1.82, 2.24) is 0 Å². The van der Waals surface area contributed by atoms with Gasteiger partial charge >= 0.3 is 13.2 Å². The van der Waals surface area contributed by atoms with Gasteiger partial charge in [-0.25, -0.2) is 0 Å². The van der Waals surface area contributed by atoms with Gasteiger partial charge in [-0.1, -0.05) is 0 Å². The molecule has 0 N–H and O–H groups in total. The van der Waals surface area contributed by atoms with E-state index in [1.165, 1.54) is 36.4 Å². The van der Waals surface area contributed by atoms with E-state index in [4.69, 9.17) is 0 Å². The molecular formula is C16H12F4N2O4. The number of nitrogens with zero attached hydrogens (tertiary/aromatic N) is 2. The minimum Gasteiger partial charge on any atom is -0.435 e. The molecular weight excluding hydrogens is 360 g/mol. The number of rotatable bonds is 9. The third-order valence-corrected chi connectivity index (χ3v) is 3.41. The lowest BCUT2D eigenvalue weighted by Gasteiger charge is -2.11. The predicted octanol–water partition coefficient (Wildman–Crippen LogP) is 5.47. The molecule has 6 nitrogen and oxygen atoms in total. The summed E-state index contributed by atoms with van der Waals surface area (Å²) >= 11 is 0. The topological polar surface area (TPSA) is 77.3 Å². The van der Waals surface area contributed by atoms with Gasteiger partial charge in [0.25, 0.3) is 0 Å². The van der Waals surface area contributed by atoms with E-state index in [-0.39, 0.29) is 46.8 Å². The molecule has 0 radical (unpaired) electrons. The summed E-state index contributed by atoms with van der Waals surface area (Å²) in [5.74, 6) is -0.322. The first kappa shape index (κ1) is 19.3. The highest BCUT2D eigenvalue weighted by molar-refractivity contribution is 5.53. The number of hydrogen-bond donors (Lipinski definition) is 0. The Morgan fingerprint density at radius 3 is 1.42 bits per heavy atom. The smallest absolute Gasteiger partial charge is 0.387 e. The van der Waals surface area contributed by atoms with E-state index < -0.39 is 13.2 Å². The second kappa shape index (κ2) is 8.88. The van der Waals surface area contributed by atoms with Crippen molar-refractivity contribution >= 4 is 11.4 Å². The molecule has 0 amide bonds. The fraction of sp³-hybridized carbons (Fsp3) is 0.250. The van der Waals surface area contributed by atoms with Gasteiger partial charge in [-0.05, 0) is 70.7 Å². The molecule has 138 valence electrons. The second-order valence-corrected chi connectivity index (χ2v) is 5.02. The van der Waals surface area contributed by atoms with Crippen LogP contribution in [0.25, 0.3) is 0 Å². The lowest BCUT2D eigenvalue weighted by molar-refractivity contribution is -0.0505. The molecule has 0 aliphatic rings. The van der Waals surface area contributed by atoms with Gasteiger partial charge in [0.05, 0.1) is 0 Å². The number of aryl methyl sites for hydroxylation is 2. The SMILES string of the molecule is O=Nc1ccc(OC(F)F)cc1CCc1cc(OC(F)F)ccc1N=O. The van der Waals surface area contributed by atoms with Crippen LogP contribution in [0.4, 0.5) is 28.9 Å². The quantitative estimate of drug-likeness (QED) is 0.432. The average molecular weight is 372 g/mol. The lowest BCUT2D eigenvalue weighted by atomic mass is 10.0. The van der Waals surface area contributed by atoms with Crippen LogP contribution in [0.1, 0.15) is 11.1 Å². The number of benzene rings is 2. The lowest BCUT2D eigenvalue weighted by Crippen LogP contribution is -2.03. The van der Waals surface area contributed by atoms with Crippen LogP contribution < -0.4 is 9.47 Å². The molecule has 0 unspecified atom stereocenters. The van der Waals surface area contributed by atoms with E-state index in [0.717, 1.165) is 0 Å². The third-order valence-electron chi connectivity index (χ3n) is 3.41. The summed E-state index contributed by atoms with van der Waals surface area (Å²) in [6.07, 6.45) is 0.199. The number of hydrogen-bond acceptors (Lipinski definition) is 6. The Bertz CT molecular complexity index is 721. The van der Waals surface area contributed by atoms with Gasteiger partial charge in [-0.2, -0.15) is 17.6 Å². The number of alkyl halides is 4. The van der Waals surface area contributed by atoms with Gasteiger partial charge < -0.3 is 9.47 Å². The van der Waals surface area contributed by atoms with Crippen molar-refractivity contribution in [3.05, 3.63) is 57.3 Å². The predicted molar refractivity (Wildman–Crippen MR) is 84.5 cm³/mol. The first-order chi connectivity index (χ1) is 12.4. The monoisotopic (exact) mass is 372 g/mol. The summed E-state index contributed by atoms with van der Waals surface area (Å²) < 4.78 is 57.7. The highest BCUT2D eigenvalue weighted by Crippen LogP contribution is 2.30. The van der Waals surface area contributed by atoms with Gasteiger partial charge in [0, 0.05) is 0 Å². The molecule has 2 aromatic rings. The second-order valence-electron chi connectivity index (χ2n) is 5.02. The highest BCUT2D eigenvalue weighted by Gasteiger charge is 2.13. The fourth-order valence-electron chi connectivity index (χ4n) is 2.32. The van der Waals surface area contributed by atoms with Crippen LogP contribution >= 0.6 is 0 Å². The summed E-state index contributed by atoms with van der Waals surface area (Å²) in [6, 6.07) is 7.21. The van der Waals surface area contributed by atoms with Crippen LogP contribution in [0, 0.1) is 9.81 Å². The van der Waals surface area contributed by atoms with Crippen molar-refractivity contribution < 1.29 is 27.0 Å². The Hall–Kier alpha value is -3.04. The average Bonchev–Trinajstić information content (AvgIpc) is 2.59. The Balaban J connectivity index is 2.24. The van der Waals surface area contributed by atoms with Gasteiger partial charge in [0.2, 0.25) is 0 Å². The summed E-state index contributed by atoms with van der Waals surface area (Å²) in [6.45, 7) is -6.07. The van der Waals surface area contributed by atoms with Crippen LogP contribution in [0.15, 0.2) is 46.8 Å². The molecule has 0 spiro atoms. The standard InChI is InChI=1S/C16H12F4N2O4/c17-15(18)25-11-3-5-13(21-23)9(7-11)1-2-10-8-12(26-16(19)20)4-6-14(10)22-24/h3-8,15-16H,1-2H2.